The van der Waals surface area contributed by atoms with E-state index in [0.29, 0.717) is 6.54 Å². The molecule has 2 unspecified atom stereocenters. The lowest BCUT2D eigenvalue weighted by molar-refractivity contribution is -0.127. The summed E-state index contributed by atoms with van der Waals surface area (Å²) in [5, 5.41) is 3.25. The maximum atomic E-state index is 13.1. The Morgan fingerprint density at radius 2 is 1.63 bits per heavy atom. The molecule has 2 amide bonds. The summed E-state index contributed by atoms with van der Waals surface area (Å²) in [6.07, 6.45) is 0.261. The van der Waals surface area contributed by atoms with E-state index in [1.165, 1.54) is 0 Å². The van der Waals surface area contributed by atoms with Crippen LogP contribution in [0.1, 0.15) is 18.0 Å². The molecule has 0 aliphatic carbocycles. The summed E-state index contributed by atoms with van der Waals surface area (Å²) in [5.41, 5.74) is 1.96. The molecular weight excluding hydrogens is 376 g/mol. The molecule has 0 bridgehead atoms. The SMILES string of the molecule is CN1CCN(CC(NC(=O)C2CC(=O)N(c3ccccc3)C2)c2ccccc2)CC1. The average Bonchev–Trinajstić information content (AvgIpc) is 3.18. The van der Waals surface area contributed by atoms with Crippen molar-refractivity contribution < 1.29 is 9.59 Å². The number of anilines is 1. The highest BCUT2D eigenvalue weighted by molar-refractivity contribution is 6.00. The number of rotatable bonds is 6. The second-order valence-electron chi connectivity index (χ2n) is 8.32. The predicted molar refractivity (Wildman–Crippen MR) is 118 cm³/mol. The van der Waals surface area contributed by atoms with Crippen LogP contribution in [0, 0.1) is 5.92 Å². The molecule has 2 saturated heterocycles. The van der Waals surface area contributed by atoms with Gasteiger partial charge in [-0.3, -0.25) is 14.5 Å². The highest BCUT2D eigenvalue weighted by Crippen LogP contribution is 2.26. The third-order valence-electron chi connectivity index (χ3n) is 6.12. The van der Waals surface area contributed by atoms with Gasteiger partial charge in [0.05, 0.1) is 12.0 Å². The van der Waals surface area contributed by atoms with Gasteiger partial charge < -0.3 is 15.1 Å². The van der Waals surface area contributed by atoms with Gasteiger partial charge in [0, 0.05) is 51.4 Å². The number of benzene rings is 2. The summed E-state index contributed by atoms with van der Waals surface area (Å²) < 4.78 is 0. The van der Waals surface area contributed by atoms with Gasteiger partial charge in [0.1, 0.15) is 0 Å². The first-order chi connectivity index (χ1) is 14.6. The smallest absolute Gasteiger partial charge is 0.227 e. The summed E-state index contributed by atoms with van der Waals surface area (Å²) in [6.45, 7) is 5.30. The van der Waals surface area contributed by atoms with Crippen LogP contribution in [0.15, 0.2) is 60.7 Å². The third-order valence-corrected chi connectivity index (χ3v) is 6.12. The third kappa shape index (κ3) is 4.89. The minimum Gasteiger partial charge on any atom is -0.348 e. The summed E-state index contributed by atoms with van der Waals surface area (Å²) in [7, 11) is 2.14. The number of hydrogen-bond acceptors (Lipinski definition) is 4. The number of likely N-dealkylation sites (N-methyl/N-ethyl adjacent to an activating group) is 1. The van der Waals surface area contributed by atoms with Gasteiger partial charge >= 0.3 is 0 Å². The molecule has 2 aromatic carbocycles. The average molecular weight is 407 g/mol. The van der Waals surface area contributed by atoms with Gasteiger partial charge in [0.15, 0.2) is 0 Å². The van der Waals surface area contributed by atoms with Crippen molar-refractivity contribution in [3.05, 3.63) is 66.2 Å². The number of hydrogen-bond donors (Lipinski definition) is 1. The molecule has 1 N–H and O–H groups in total. The molecule has 0 radical (unpaired) electrons. The lowest BCUT2D eigenvalue weighted by atomic mass is 10.0. The standard InChI is InChI=1S/C24H30N4O2/c1-26-12-14-27(15-13-26)18-22(19-8-4-2-5-9-19)25-24(30)20-16-23(29)28(17-20)21-10-6-3-7-11-21/h2-11,20,22H,12-18H2,1H3,(H,25,30). The molecule has 6 nitrogen and oxygen atoms in total. The summed E-state index contributed by atoms with van der Waals surface area (Å²) >= 11 is 0. The quantitative estimate of drug-likeness (QED) is 0.799. The molecular formula is C24H30N4O2. The maximum Gasteiger partial charge on any atom is 0.227 e. The molecule has 0 aromatic heterocycles. The molecule has 2 aromatic rings. The summed E-state index contributed by atoms with van der Waals surface area (Å²) in [6, 6.07) is 19.6. The Bertz CT molecular complexity index is 850. The molecule has 2 aliphatic rings. The fraction of sp³-hybridized carbons (Fsp3) is 0.417. The molecule has 158 valence electrons. The van der Waals surface area contributed by atoms with E-state index in [1.807, 2.05) is 48.5 Å². The molecule has 2 atom stereocenters. The minimum absolute atomic E-state index is 0.0108. The second-order valence-corrected chi connectivity index (χ2v) is 8.32. The van der Waals surface area contributed by atoms with Gasteiger partial charge in [-0.15, -0.1) is 0 Å². The number of carbonyl (C=O) groups is 2. The van der Waals surface area contributed by atoms with Crippen molar-refractivity contribution in [3.8, 4) is 0 Å². The first kappa shape index (κ1) is 20.6. The topological polar surface area (TPSA) is 55.9 Å². The van der Waals surface area contributed by atoms with Crippen molar-refractivity contribution >= 4 is 17.5 Å². The van der Waals surface area contributed by atoms with Crippen molar-refractivity contribution in [2.75, 3.05) is 51.2 Å². The Hall–Kier alpha value is -2.70. The zero-order chi connectivity index (χ0) is 20.9. The number of piperazine rings is 1. The predicted octanol–water partition coefficient (Wildman–Crippen LogP) is 2.14. The van der Waals surface area contributed by atoms with E-state index < -0.39 is 0 Å². The van der Waals surface area contributed by atoms with Crippen LogP contribution in [0.2, 0.25) is 0 Å². The zero-order valence-electron chi connectivity index (χ0n) is 17.5. The van der Waals surface area contributed by atoms with Gasteiger partial charge in [-0.1, -0.05) is 48.5 Å². The van der Waals surface area contributed by atoms with Crippen LogP contribution >= 0.6 is 0 Å². The van der Waals surface area contributed by atoms with Crippen LogP contribution in [0.25, 0.3) is 0 Å². The fourth-order valence-corrected chi connectivity index (χ4v) is 4.24. The van der Waals surface area contributed by atoms with E-state index >= 15 is 0 Å². The van der Waals surface area contributed by atoms with Gasteiger partial charge in [0.25, 0.3) is 0 Å². The summed E-state index contributed by atoms with van der Waals surface area (Å²) in [5.74, 6) is -0.349. The van der Waals surface area contributed by atoms with E-state index in [9.17, 15) is 9.59 Å². The number of carbonyl (C=O) groups excluding carboxylic acids is 2. The van der Waals surface area contributed by atoms with Crippen LogP contribution < -0.4 is 10.2 Å². The maximum absolute atomic E-state index is 13.1. The van der Waals surface area contributed by atoms with Crippen molar-refractivity contribution in [1.29, 1.82) is 0 Å². The van der Waals surface area contributed by atoms with Crippen molar-refractivity contribution in [2.45, 2.75) is 12.5 Å². The van der Waals surface area contributed by atoms with Crippen molar-refractivity contribution in [1.82, 2.24) is 15.1 Å². The lowest BCUT2D eigenvalue weighted by Gasteiger charge is -2.35. The zero-order valence-corrected chi connectivity index (χ0v) is 17.5. The van der Waals surface area contributed by atoms with Crippen molar-refractivity contribution in [2.24, 2.45) is 5.92 Å². The molecule has 0 saturated carbocycles. The Balaban J connectivity index is 1.43. The van der Waals surface area contributed by atoms with Crippen LogP contribution in [0.5, 0.6) is 0 Å². The number of amides is 2. The molecule has 2 heterocycles. The normalized spacial score (nSPS) is 21.6. The van der Waals surface area contributed by atoms with Gasteiger partial charge in [-0.05, 0) is 24.7 Å². The molecule has 4 rings (SSSR count). The van der Waals surface area contributed by atoms with E-state index in [4.69, 9.17) is 0 Å². The highest BCUT2D eigenvalue weighted by atomic mass is 16.2. The fourth-order valence-electron chi connectivity index (χ4n) is 4.24. The highest BCUT2D eigenvalue weighted by Gasteiger charge is 2.36. The van der Waals surface area contributed by atoms with E-state index in [-0.39, 0.29) is 30.2 Å². The first-order valence-electron chi connectivity index (χ1n) is 10.7. The number of nitrogens with zero attached hydrogens (tertiary/aromatic N) is 3. The molecule has 0 spiro atoms. The molecule has 2 aliphatic heterocycles. The van der Waals surface area contributed by atoms with E-state index in [2.05, 4.69) is 34.3 Å². The lowest BCUT2D eigenvalue weighted by Crippen LogP contribution is -2.48. The van der Waals surface area contributed by atoms with Crippen LogP contribution in [0.3, 0.4) is 0 Å². The monoisotopic (exact) mass is 406 g/mol. The summed E-state index contributed by atoms with van der Waals surface area (Å²) in [4.78, 5) is 32.1. The van der Waals surface area contributed by atoms with E-state index in [0.717, 1.165) is 44.0 Å². The van der Waals surface area contributed by atoms with E-state index in [1.54, 1.807) is 4.90 Å². The van der Waals surface area contributed by atoms with Gasteiger partial charge in [0.2, 0.25) is 11.8 Å². The minimum atomic E-state index is -0.323. The largest absolute Gasteiger partial charge is 0.348 e. The van der Waals surface area contributed by atoms with Gasteiger partial charge in [-0.25, -0.2) is 0 Å². The van der Waals surface area contributed by atoms with Crippen molar-refractivity contribution in [3.63, 3.8) is 0 Å². The number of nitrogens with one attached hydrogen (secondary N) is 1. The van der Waals surface area contributed by atoms with Crippen LogP contribution in [0.4, 0.5) is 5.69 Å². The van der Waals surface area contributed by atoms with Gasteiger partial charge in [-0.2, -0.15) is 0 Å². The van der Waals surface area contributed by atoms with Crippen LogP contribution in [-0.4, -0.2) is 67.9 Å². The molecule has 2 fully saturated rings. The molecule has 30 heavy (non-hydrogen) atoms. The number of para-hydroxylation sites is 1. The Morgan fingerprint density at radius 1 is 1.00 bits per heavy atom. The Labute approximate surface area is 178 Å². The Morgan fingerprint density at radius 3 is 2.30 bits per heavy atom. The first-order valence-corrected chi connectivity index (χ1v) is 10.7. The Kier molecular flexibility index (Phi) is 6.45. The second kappa shape index (κ2) is 9.41. The molecule has 6 heteroatoms. The van der Waals surface area contributed by atoms with Crippen LogP contribution in [-0.2, 0) is 9.59 Å².